The number of aryl methyl sites for hydroxylation is 1. The third-order valence-electron chi connectivity index (χ3n) is 6.25. The van der Waals surface area contributed by atoms with Gasteiger partial charge in [0.25, 0.3) is 0 Å². The van der Waals surface area contributed by atoms with E-state index in [-0.39, 0.29) is 24.8 Å². The predicted octanol–water partition coefficient (Wildman–Crippen LogP) is 6.83. The molecule has 190 valence electrons. The molecule has 0 aromatic heterocycles. The number of rotatable bonds is 11. The van der Waals surface area contributed by atoms with Gasteiger partial charge in [-0.3, -0.25) is 9.59 Å². The second-order valence-corrected chi connectivity index (χ2v) is 10.1. The van der Waals surface area contributed by atoms with E-state index in [4.69, 9.17) is 23.2 Å². The normalized spacial score (nSPS) is 11.8. The smallest absolute Gasteiger partial charge is 0.243 e. The Morgan fingerprint density at radius 1 is 0.917 bits per heavy atom. The van der Waals surface area contributed by atoms with Crippen LogP contribution < -0.4 is 5.32 Å². The average molecular weight is 526 g/mol. The topological polar surface area (TPSA) is 49.4 Å². The number of benzene rings is 3. The van der Waals surface area contributed by atoms with Crippen LogP contribution in [0.5, 0.6) is 0 Å². The van der Waals surface area contributed by atoms with E-state index in [9.17, 15) is 9.59 Å². The van der Waals surface area contributed by atoms with Gasteiger partial charge < -0.3 is 10.2 Å². The van der Waals surface area contributed by atoms with E-state index in [1.54, 1.807) is 17.0 Å². The van der Waals surface area contributed by atoms with E-state index in [2.05, 4.69) is 43.4 Å². The lowest BCUT2D eigenvalue weighted by Gasteiger charge is -2.32. The maximum absolute atomic E-state index is 13.7. The van der Waals surface area contributed by atoms with Gasteiger partial charge in [-0.2, -0.15) is 0 Å². The molecule has 3 aromatic carbocycles. The minimum absolute atomic E-state index is 0.0962. The Bertz CT molecular complexity index is 1150. The van der Waals surface area contributed by atoms with Crippen molar-refractivity contribution in [3.8, 4) is 0 Å². The molecule has 36 heavy (non-hydrogen) atoms. The van der Waals surface area contributed by atoms with E-state index in [0.717, 1.165) is 16.7 Å². The van der Waals surface area contributed by atoms with E-state index < -0.39 is 6.04 Å². The fourth-order valence-electron chi connectivity index (χ4n) is 4.14. The molecule has 2 amide bonds. The van der Waals surface area contributed by atoms with Gasteiger partial charge in [-0.1, -0.05) is 97.7 Å². The number of carbonyl (C=O) groups excluding carboxylic acids is 2. The van der Waals surface area contributed by atoms with Crippen molar-refractivity contribution >= 4 is 35.0 Å². The number of likely N-dealkylation sites (N-methyl/N-ethyl adjacent to an activating group) is 1. The zero-order chi connectivity index (χ0) is 26.1. The number of nitrogens with one attached hydrogen (secondary N) is 1. The first kappa shape index (κ1) is 27.8. The highest BCUT2D eigenvalue weighted by Crippen LogP contribution is 2.25. The van der Waals surface area contributed by atoms with Crippen molar-refractivity contribution in [1.82, 2.24) is 10.2 Å². The van der Waals surface area contributed by atoms with Gasteiger partial charge in [0.15, 0.2) is 0 Å². The molecular formula is C30H34Cl2N2O2. The van der Waals surface area contributed by atoms with Crippen molar-refractivity contribution in [2.24, 2.45) is 0 Å². The molecule has 0 radical (unpaired) electrons. The Morgan fingerprint density at radius 3 is 2.22 bits per heavy atom. The molecule has 0 unspecified atom stereocenters. The predicted molar refractivity (Wildman–Crippen MR) is 148 cm³/mol. The number of hydrogen-bond donors (Lipinski definition) is 1. The van der Waals surface area contributed by atoms with Crippen LogP contribution in [0.4, 0.5) is 0 Å². The maximum Gasteiger partial charge on any atom is 0.243 e. The molecule has 1 N–H and O–H groups in total. The average Bonchev–Trinajstić information content (AvgIpc) is 2.86. The number of amides is 2. The first-order chi connectivity index (χ1) is 17.3. The highest BCUT2D eigenvalue weighted by molar-refractivity contribution is 6.35. The summed E-state index contributed by atoms with van der Waals surface area (Å²) in [5, 5.41) is 3.91. The lowest BCUT2D eigenvalue weighted by molar-refractivity contribution is -0.141. The zero-order valence-corrected chi connectivity index (χ0v) is 22.6. The van der Waals surface area contributed by atoms with Crippen LogP contribution in [0.1, 0.15) is 55.4 Å². The van der Waals surface area contributed by atoms with Gasteiger partial charge >= 0.3 is 0 Å². The Morgan fingerprint density at radius 2 is 1.61 bits per heavy atom. The molecule has 3 aromatic rings. The van der Waals surface area contributed by atoms with Crippen molar-refractivity contribution < 1.29 is 9.59 Å². The van der Waals surface area contributed by atoms with Gasteiger partial charge in [-0.25, -0.2) is 0 Å². The SMILES string of the molecule is CCNC(=O)[C@H](Cc1ccccc1)N(Cc1ccc(Cl)cc1Cl)C(=O)CCc1ccc(C(C)C)cc1. The zero-order valence-electron chi connectivity index (χ0n) is 21.1. The highest BCUT2D eigenvalue weighted by atomic mass is 35.5. The van der Waals surface area contributed by atoms with Crippen LogP contribution in [0.25, 0.3) is 0 Å². The Kier molecular flexibility index (Phi) is 10.4. The van der Waals surface area contributed by atoms with E-state index in [1.807, 2.05) is 43.3 Å². The first-order valence-corrected chi connectivity index (χ1v) is 13.2. The third kappa shape index (κ3) is 7.84. The lowest BCUT2D eigenvalue weighted by atomic mass is 9.99. The van der Waals surface area contributed by atoms with Gasteiger partial charge in [0.2, 0.25) is 11.8 Å². The van der Waals surface area contributed by atoms with Gasteiger partial charge in [-0.15, -0.1) is 0 Å². The fraction of sp³-hybridized carbons (Fsp3) is 0.333. The Hall–Kier alpha value is -2.82. The summed E-state index contributed by atoms with van der Waals surface area (Å²) in [6.45, 7) is 6.89. The molecule has 0 aliphatic rings. The summed E-state index contributed by atoms with van der Waals surface area (Å²) < 4.78 is 0. The number of hydrogen-bond acceptors (Lipinski definition) is 2. The molecule has 4 nitrogen and oxygen atoms in total. The first-order valence-electron chi connectivity index (χ1n) is 12.4. The van der Waals surface area contributed by atoms with E-state index in [1.165, 1.54) is 5.56 Å². The monoisotopic (exact) mass is 524 g/mol. The third-order valence-corrected chi connectivity index (χ3v) is 6.84. The molecule has 0 aliphatic heterocycles. The van der Waals surface area contributed by atoms with Crippen molar-refractivity contribution in [3.05, 3.63) is 105 Å². The highest BCUT2D eigenvalue weighted by Gasteiger charge is 2.30. The summed E-state index contributed by atoms with van der Waals surface area (Å²) in [5.41, 5.74) is 4.09. The van der Waals surface area contributed by atoms with E-state index >= 15 is 0 Å². The van der Waals surface area contributed by atoms with Crippen molar-refractivity contribution in [3.63, 3.8) is 0 Å². The molecule has 0 heterocycles. The molecule has 0 spiro atoms. The molecule has 0 saturated heterocycles. The molecule has 0 bridgehead atoms. The van der Waals surface area contributed by atoms with Gasteiger partial charge in [0.1, 0.15) is 6.04 Å². The number of nitrogens with zero attached hydrogens (tertiary/aromatic N) is 1. The summed E-state index contributed by atoms with van der Waals surface area (Å²) >= 11 is 12.6. The van der Waals surface area contributed by atoms with Crippen LogP contribution in [0.3, 0.4) is 0 Å². The van der Waals surface area contributed by atoms with Crippen LogP contribution in [0.2, 0.25) is 10.0 Å². The molecule has 0 fully saturated rings. The van der Waals surface area contributed by atoms with Crippen LogP contribution >= 0.6 is 23.2 Å². The lowest BCUT2D eigenvalue weighted by Crippen LogP contribution is -2.50. The molecule has 0 aliphatic carbocycles. The van der Waals surface area contributed by atoms with Gasteiger partial charge in [-0.05, 0) is 53.6 Å². The van der Waals surface area contributed by atoms with Crippen LogP contribution in [-0.4, -0.2) is 29.3 Å². The van der Waals surface area contributed by atoms with Crippen molar-refractivity contribution in [2.75, 3.05) is 6.54 Å². The molecule has 0 saturated carbocycles. The summed E-state index contributed by atoms with van der Waals surface area (Å²) in [4.78, 5) is 28.6. The fourth-order valence-corrected chi connectivity index (χ4v) is 4.61. The minimum atomic E-state index is -0.671. The second-order valence-electron chi connectivity index (χ2n) is 9.25. The Balaban J connectivity index is 1.89. The Labute approximate surface area is 224 Å². The molecule has 1 atom stereocenters. The van der Waals surface area contributed by atoms with Crippen LogP contribution in [-0.2, 0) is 29.0 Å². The summed E-state index contributed by atoms with van der Waals surface area (Å²) in [6.07, 6.45) is 1.29. The minimum Gasteiger partial charge on any atom is -0.355 e. The quantitative estimate of drug-likeness (QED) is 0.299. The summed E-state index contributed by atoms with van der Waals surface area (Å²) in [7, 11) is 0. The largest absolute Gasteiger partial charge is 0.355 e. The van der Waals surface area contributed by atoms with Gasteiger partial charge in [0.05, 0.1) is 0 Å². The molecular weight excluding hydrogens is 491 g/mol. The summed E-state index contributed by atoms with van der Waals surface area (Å²) in [6, 6.07) is 22.7. The van der Waals surface area contributed by atoms with Crippen LogP contribution in [0, 0.1) is 0 Å². The second kappa shape index (κ2) is 13.5. The number of carbonyl (C=O) groups is 2. The van der Waals surface area contributed by atoms with Crippen molar-refractivity contribution in [1.29, 1.82) is 0 Å². The molecule has 6 heteroatoms. The summed E-state index contributed by atoms with van der Waals surface area (Å²) in [5.74, 6) is 0.179. The molecule has 3 rings (SSSR count). The number of halogens is 2. The van der Waals surface area contributed by atoms with Crippen molar-refractivity contribution in [2.45, 2.75) is 58.5 Å². The maximum atomic E-state index is 13.7. The standard InChI is InChI=1S/C30H34Cl2N2O2/c1-4-33-30(36)28(18-23-8-6-5-7-9-23)34(20-25-15-16-26(31)19-27(25)32)29(35)17-12-22-10-13-24(14-11-22)21(2)3/h5-11,13-16,19,21,28H,4,12,17-18,20H2,1-3H3,(H,33,36)/t28-/m0/s1. The van der Waals surface area contributed by atoms with Gasteiger partial charge in [0, 0.05) is 36.0 Å². The van der Waals surface area contributed by atoms with Crippen LogP contribution in [0.15, 0.2) is 72.8 Å². The van der Waals surface area contributed by atoms with E-state index in [0.29, 0.717) is 35.3 Å².